The number of carbonyl (C=O) groups is 1. The van der Waals surface area contributed by atoms with Crippen molar-refractivity contribution in [2.24, 2.45) is 5.73 Å². The fraction of sp³-hybridized carbons (Fsp3) is 0.391. The van der Waals surface area contributed by atoms with Crippen LogP contribution in [0.2, 0.25) is 0 Å². The average Bonchev–Trinajstić information content (AvgIpc) is 3.52. The SMILES string of the molecule is C[N+]1=C(/C=C/C=C/C=C2/N(CCCCCC(=O)NCCCCCCN)c3ccc4c(S(=O)(=O)O)cccc4c3C2(C)C)C(C)(C)c2c1ccc1ccc(S(=O)(=O)O)cc21. The van der Waals surface area contributed by atoms with Crippen LogP contribution in [-0.2, 0) is 35.9 Å². The smallest absolute Gasteiger partial charge is 0.295 e. The van der Waals surface area contributed by atoms with Crippen LogP contribution in [0.25, 0.3) is 21.5 Å². The fourth-order valence-electron chi connectivity index (χ4n) is 8.97. The highest BCUT2D eigenvalue weighted by molar-refractivity contribution is 7.86. The van der Waals surface area contributed by atoms with Crippen LogP contribution < -0.4 is 16.0 Å². The lowest BCUT2D eigenvalue weighted by Gasteiger charge is -2.27. The van der Waals surface area contributed by atoms with Gasteiger partial charge in [0.25, 0.3) is 20.2 Å². The molecule has 0 unspecified atom stereocenters. The lowest BCUT2D eigenvalue weighted by molar-refractivity contribution is -0.401. The van der Waals surface area contributed by atoms with Gasteiger partial charge in [0.15, 0.2) is 5.71 Å². The molecule has 2 aliphatic rings. The molecule has 0 saturated carbocycles. The molecule has 11 nitrogen and oxygen atoms in total. The van der Waals surface area contributed by atoms with Crippen LogP contribution in [0.1, 0.15) is 90.2 Å². The highest BCUT2D eigenvalue weighted by atomic mass is 32.2. The van der Waals surface area contributed by atoms with Crippen molar-refractivity contribution in [2.75, 3.05) is 31.6 Å². The Morgan fingerprint density at radius 2 is 1.51 bits per heavy atom. The molecule has 0 atom stereocenters. The zero-order valence-electron chi connectivity index (χ0n) is 34.7. The number of amides is 1. The Balaban J connectivity index is 1.24. The van der Waals surface area contributed by atoms with Crippen LogP contribution in [-0.4, -0.2) is 68.8 Å². The number of nitrogens with one attached hydrogen (secondary N) is 1. The normalized spacial score (nSPS) is 16.9. The van der Waals surface area contributed by atoms with Crippen molar-refractivity contribution in [3.8, 4) is 0 Å². The van der Waals surface area contributed by atoms with Gasteiger partial charge in [-0.05, 0) is 104 Å². The number of hydrogen-bond acceptors (Lipinski definition) is 7. The number of unbranched alkanes of at least 4 members (excludes halogenated alkanes) is 5. The first-order valence-electron chi connectivity index (χ1n) is 20.4. The fourth-order valence-corrected chi connectivity index (χ4v) is 10.2. The molecular formula is C46H57N4O7S2+. The van der Waals surface area contributed by atoms with Crippen molar-refractivity contribution < 1.29 is 35.3 Å². The highest BCUT2D eigenvalue weighted by Gasteiger charge is 2.44. The van der Waals surface area contributed by atoms with E-state index in [-0.39, 0.29) is 15.7 Å². The molecule has 6 rings (SSSR count). The van der Waals surface area contributed by atoms with E-state index in [2.05, 4.69) is 54.6 Å². The Morgan fingerprint density at radius 3 is 2.24 bits per heavy atom. The van der Waals surface area contributed by atoms with Crippen LogP contribution in [0, 0.1) is 0 Å². The molecule has 0 spiro atoms. The van der Waals surface area contributed by atoms with E-state index in [9.17, 15) is 30.7 Å². The maximum absolute atomic E-state index is 12.5. The zero-order valence-corrected chi connectivity index (χ0v) is 36.3. The van der Waals surface area contributed by atoms with E-state index in [0.717, 1.165) is 95.0 Å². The topological polar surface area (TPSA) is 170 Å². The monoisotopic (exact) mass is 841 g/mol. The molecule has 1 amide bonds. The largest absolute Gasteiger partial charge is 0.356 e. The van der Waals surface area contributed by atoms with Crippen LogP contribution in [0.5, 0.6) is 0 Å². The second-order valence-electron chi connectivity index (χ2n) is 16.6. The molecule has 0 bridgehead atoms. The van der Waals surface area contributed by atoms with Crippen molar-refractivity contribution in [3.05, 3.63) is 108 Å². The molecule has 13 heteroatoms. The number of carbonyl (C=O) groups excluding carboxylic acids is 1. The van der Waals surface area contributed by atoms with Gasteiger partial charge in [0.05, 0.1) is 10.3 Å². The van der Waals surface area contributed by atoms with Gasteiger partial charge in [-0.1, -0.05) is 75.6 Å². The lowest BCUT2D eigenvalue weighted by atomic mass is 9.79. The molecule has 0 radical (unpaired) electrons. The third-order valence-corrected chi connectivity index (χ3v) is 13.6. The summed E-state index contributed by atoms with van der Waals surface area (Å²) in [6.07, 6.45) is 17.2. The van der Waals surface area contributed by atoms with Crippen molar-refractivity contribution >= 4 is 64.8 Å². The summed E-state index contributed by atoms with van der Waals surface area (Å²) in [4.78, 5) is 14.5. The summed E-state index contributed by atoms with van der Waals surface area (Å²) in [5.41, 5.74) is 10.5. The summed E-state index contributed by atoms with van der Waals surface area (Å²) < 4.78 is 70.8. The van der Waals surface area contributed by atoms with E-state index < -0.39 is 31.1 Å². The minimum atomic E-state index is -4.45. The third-order valence-electron chi connectivity index (χ3n) is 11.9. The van der Waals surface area contributed by atoms with Gasteiger partial charge in [0.1, 0.15) is 11.9 Å². The predicted octanol–water partition coefficient (Wildman–Crippen LogP) is 8.48. The summed E-state index contributed by atoms with van der Waals surface area (Å²) in [6.45, 7) is 10.5. The third kappa shape index (κ3) is 9.09. The van der Waals surface area contributed by atoms with Gasteiger partial charge in [0, 0.05) is 59.4 Å². The van der Waals surface area contributed by atoms with Gasteiger partial charge in [-0.15, -0.1) is 0 Å². The molecule has 0 saturated heterocycles. The quantitative estimate of drug-likeness (QED) is 0.0353. The molecule has 5 N–H and O–H groups in total. The molecule has 0 fully saturated rings. The van der Waals surface area contributed by atoms with Crippen molar-refractivity contribution in [2.45, 2.75) is 99.7 Å². The summed E-state index contributed by atoms with van der Waals surface area (Å²) in [5, 5.41) is 5.92. The van der Waals surface area contributed by atoms with Gasteiger partial charge in [-0.2, -0.15) is 21.4 Å². The molecule has 314 valence electrons. The Kier molecular flexibility index (Phi) is 13.0. The van der Waals surface area contributed by atoms with Gasteiger partial charge in [0.2, 0.25) is 11.6 Å². The van der Waals surface area contributed by atoms with Crippen molar-refractivity contribution in [1.82, 2.24) is 5.32 Å². The van der Waals surface area contributed by atoms with E-state index in [1.54, 1.807) is 24.3 Å². The van der Waals surface area contributed by atoms with E-state index in [1.807, 2.05) is 49.5 Å². The van der Waals surface area contributed by atoms with Crippen LogP contribution in [0.4, 0.5) is 11.4 Å². The lowest BCUT2D eigenvalue weighted by Crippen LogP contribution is -2.27. The van der Waals surface area contributed by atoms with Crippen molar-refractivity contribution in [1.29, 1.82) is 0 Å². The Morgan fingerprint density at radius 1 is 0.780 bits per heavy atom. The minimum absolute atomic E-state index is 0.0743. The Labute approximate surface area is 348 Å². The van der Waals surface area contributed by atoms with Crippen LogP contribution >= 0.6 is 0 Å². The number of nitrogens with two attached hydrogens (primary N) is 1. The zero-order chi connectivity index (χ0) is 42.8. The second kappa shape index (κ2) is 17.5. The van der Waals surface area contributed by atoms with Crippen LogP contribution in [0.3, 0.4) is 0 Å². The number of allylic oxidation sites excluding steroid dienone is 6. The van der Waals surface area contributed by atoms with Gasteiger partial charge in [-0.25, -0.2) is 0 Å². The number of rotatable bonds is 17. The average molecular weight is 842 g/mol. The predicted molar refractivity (Wildman–Crippen MR) is 237 cm³/mol. The van der Waals surface area contributed by atoms with Crippen molar-refractivity contribution in [3.63, 3.8) is 0 Å². The number of anilines is 1. The number of nitrogens with zero attached hydrogens (tertiary/aromatic N) is 2. The molecule has 4 aromatic carbocycles. The standard InChI is InChI=1S/C46H56N4O7S2/c1-45(2)40(49(5)37-26-23-32-22-24-33(58(52,53)54)31-36(32)44(37)45)19-10-8-11-20-41-46(3,4)43-35-17-16-18-39(59(55,56)57)34(35)25-27-38(43)50(41)30-15-9-12-21-42(51)48-29-14-7-6-13-28-47/h8,10-11,16-20,22-27,31H,6-7,9,12-15,21,28-30,47H2,1-5H3,(H2-,48,51,52,53,54,55,56,57)/p+1. The van der Waals surface area contributed by atoms with E-state index in [0.29, 0.717) is 31.4 Å². The maximum Gasteiger partial charge on any atom is 0.295 e. The first kappa shape index (κ1) is 43.9. The number of fused-ring (bicyclic) bond motifs is 6. The van der Waals surface area contributed by atoms with Gasteiger partial charge >= 0.3 is 0 Å². The van der Waals surface area contributed by atoms with E-state index in [1.165, 1.54) is 12.1 Å². The highest BCUT2D eigenvalue weighted by Crippen LogP contribution is 2.51. The second-order valence-corrected chi connectivity index (χ2v) is 19.4. The summed E-state index contributed by atoms with van der Waals surface area (Å²) >= 11 is 0. The molecule has 0 aromatic heterocycles. The molecule has 59 heavy (non-hydrogen) atoms. The van der Waals surface area contributed by atoms with E-state index in [4.69, 9.17) is 5.73 Å². The number of hydrogen-bond donors (Lipinski definition) is 4. The Hall–Kier alpha value is -4.66. The summed E-state index contributed by atoms with van der Waals surface area (Å²) in [6, 6.07) is 17.4. The van der Waals surface area contributed by atoms with Crippen LogP contribution in [0.15, 0.2) is 107 Å². The first-order valence-corrected chi connectivity index (χ1v) is 23.3. The first-order chi connectivity index (χ1) is 27.9. The summed E-state index contributed by atoms with van der Waals surface area (Å²) in [5.74, 6) is 0.0743. The molecule has 2 aliphatic heterocycles. The maximum atomic E-state index is 12.5. The molecule has 2 heterocycles. The minimum Gasteiger partial charge on any atom is -0.356 e. The van der Waals surface area contributed by atoms with E-state index >= 15 is 0 Å². The molecule has 0 aliphatic carbocycles. The molecule has 4 aromatic rings. The Bertz CT molecular complexity index is 2620. The van der Waals surface area contributed by atoms with Gasteiger partial charge in [-0.3, -0.25) is 13.9 Å². The summed E-state index contributed by atoms with van der Waals surface area (Å²) in [7, 11) is -6.83. The molecular weight excluding hydrogens is 785 g/mol. The van der Waals surface area contributed by atoms with Gasteiger partial charge < -0.3 is 16.0 Å². The number of benzene rings is 4.